The summed E-state index contributed by atoms with van der Waals surface area (Å²) in [6, 6.07) is 23.2. The Balaban J connectivity index is 1.58. The summed E-state index contributed by atoms with van der Waals surface area (Å²) in [4.78, 5) is 12.6. The van der Waals surface area contributed by atoms with Crippen molar-refractivity contribution in [2.75, 3.05) is 0 Å². The number of rotatable bonds is 6. The topological polar surface area (TPSA) is 38.3 Å². The highest BCUT2D eigenvalue weighted by molar-refractivity contribution is 6.32. The third-order valence-corrected chi connectivity index (χ3v) is 5.38. The SMILES string of the molecule is C[C@@H](NC(=O)c1ccc(COc2ccccc2Cl)cc1)c1ccc(C(C)(C)C)cc1. The highest BCUT2D eigenvalue weighted by atomic mass is 35.5. The fourth-order valence-electron chi connectivity index (χ4n) is 3.11. The maximum atomic E-state index is 12.6. The highest BCUT2D eigenvalue weighted by Crippen LogP contribution is 2.25. The first-order chi connectivity index (χ1) is 14.2. The first-order valence-corrected chi connectivity index (χ1v) is 10.5. The maximum Gasteiger partial charge on any atom is 0.251 e. The van der Waals surface area contributed by atoms with Gasteiger partial charge in [0.2, 0.25) is 0 Å². The van der Waals surface area contributed by atoms with Crippen LogP contribution in [0.25, 0.3) is 0 Å². The van der Waals surface area contributed by atoms with Crippen LogP contribution in [0.5, 0.6) is 5.75 Å². The molecular formula is C26H28ClNO2. The summed E-state index contributed by atoms with van der Waals surface area (Å²) in [5.41, 5.74) is 4.06. The van der Waals surface area contributed by atoms with Crippen molar-refractivity contribution in [3.63, 3.8) is 0 Å². The second-order valence-corrected chi connectivity index (χ2v) is 8.89. The molecule has 0 heterocycles. The Morgan fingerprint density at radius 3 is 2.20 bits per heavy atom. The van der Waals surface area contributed by atoms with E-state index in [0.29, 0.717) is 22.9 Å². The Bertz CT molecular complexity index is 989. The standard InChI is InChI=1S/C26H28ClNO2/c1-18(20-13-15-22(16-14-20)26(2,3)4)28-25(29)21-11-9-19(10-12-21)17-30-24-8-6-5-7-23(24)27/h5-16,18H,17H2,1-4H3,(H,28,29)/t18-/m1/s1. The monoisotopic (exact) mass is 421 g/mol. The van der Waals surface area contributed by atoms with Gasteiger partial charge in [-0.1, -0.05) is 80.9 Å². The van der Waals surface area contributed by atoms with Gasteiger partial charge in [0.25, 0.3) is 5.91 Å². The van der Waals surface area contributed by atoms with Gasteiger partial charge in [-0.2, -0.15) is 0 Å². The lowest BCUT2D eigenvalue weighted by atomic mass is 9.86. The summed E-state index contributed by atoms with van der Waals surface area (Å²) in [5.74, 6) is 0.549. The van der Waals surface area contributed by atoms with Crippen LogP contribution in [0.4, 0.5) is 0 Å². The molecule has 0 aliphatic rings. The van der Waals surface area contributed by atoms with Crippen LogP contribution in [0.2, 0.25) is 5.02 Å². The maximum absolute atomic E-state index is 12.6. The second-order valence-electron chi connectivity index (χ2n) is 8.48. The lowest BCUT2D eigenvalue weighted by Gasteiger charge is -2.20. The lowest BCUT2D eigenvalue weighted by molar-refractivity contribution is 0.0940. The normalized spacial score (nSPS) is 12.3. The number of carbonyl (C=O) groups is 1. The molecule has 0 spiro atoms. The molecule has 0 saturated carbocycles. The fourth-order valence-corrected chi connectivity index (χ4v) is 3.30. The second kappa shape index (κ2) is 9.36. The third kappa shape index (κ3) is 5.64. The Morgan fingerprint density at radius 1 is 0.967 bits per heavy atom. The molecule has 3 rings (SSSR count). The van der Waals surface area contributed by atoms with Crippen LogP contribution in [-0.4, -0.2) is 5.91 Å². The summed E-state index contributed by atoms with van der Waals surface area (Å²) in [6.45, 7) is 8.96. The molecule has 0 saturated heterocycles. The minimum atomic E-state index is -0.0963. The molecule has 1 N–H and O–H groups in total. The smallest absolute Gasteiger partial charge is 0.251 e. The van der Waals surface area contributed by atoms with E-state index in [-0.39, 0.29) is 17.4 Å². The van der Waals surface area contributed by atoms with E-state index >= 15 is 0 Å². The van der Waals surface area contributed by atoms with Gasteiger partial charge in [0, 0.05) is 5.56 Å². The Kier molecular flexibility index (Phi) is 6.84. The quantitative estimate of drug-likeness (QED) is 0.480. The van der Waals surface area contributed by atoms with Crippen LogP contribution in [0.15, 0.2) is 72.8 Å². The van der Waals surface area contributed by atoms with Gasteiger partial charge in [0.15, 0.2) is 0 Å². The van der Waals surface area contributed by atoms with Crippen LogP contribution in [-0.2, 0) is 12.0 Å². The minimum Gasteiger partial charge on any atom is -0.487 e. The third-order valence-electron chi connectivity index (χ3n) is 5.07. The van der Waals surface area contributed by atoms with E-state index in [1.54, 1.807) is 6.07 Å². The van der Waals surface area contributed by atoms with Crippen molar-refractivity contribution < 1.29 is 9.53 Å². The van der Waals surface area contributed by atoms with Crippen LogP contribution >= 0.6 is 11.6 Å². The van der Waals surface area contributed by atoms with Gasteiger partial charge in [0.05, 0.1) is 11.1 Å². The van der Waals surface area contributed by atoms with Crippen molar-refractivity contribution in [2.45, 2.75) is 45.8 Å². The average Bonchev–Trinajstić information content (AvgIpc) is 2.73. The molecule has 1 amide bonds. The van der Waals surface area contributed by atoms with E-state index in [4.69, 9.17) is 16.3 Å². The largest absolute Gasteiger partial charge is 0.487 e. The van der Waals surface area contributed by atoms with E-state index in [2.05, 4.69) is 50.4 Å². The lowest BCUT2D eigenvalue weighted by Crippen LogP contribution is -2.26. The number of hydrogen-bond acceptors (Lipinski definition) is 2. The fraction of sp³-hybridized carbons (Fsp3) is 0.269. The van der Waals surface area contributed by atoms with Gasteiger partial charge < -0.3 is 10.1 Å². The molecule has 0 aliphatic carbocycles. The van der Waals surface area contributed by atoms with Gasteiger partial charge in [0.1, 0.15) is 12.4 Å². The predicted octanol–water partition coefficient (Wildman–Crippen LogP) is 6.71. The van der Waals surface area contributed by atoms with Crippen molar-refractivity contribution in [3.8, 4) is 5.75 Å². The summed E-state index contributed by atoms with van der Waals surface area (Å²) in [5, 5.41) is 3.65. The molecule has 156 valence electrons. The molecule has 0 radical (unpaired) electrons. The zero-order valence-corrected chi connectivity index (χ0v) is 18.7. The van der Waals surface area contributed by atoms with Crippen molar-refractivity contribution >= 4 is 17.5 Å². The Morgan fingerprint density at radius 2 is 1.60 bits per heavy atom. The van der Waals surface area contributed by atoms with E-state index in [0.717, 1.165) is 11.1 Å². The number of amides is 1. The van der Waals surface area contributed by atoms with Gasteiger partial charge in [-0.15, -0.1) is 0 Å². The predicted molar refractivity (Wildman–Crippen MR) is 123 cm³/mol. The highest BCUT2D eigenvalue weighted by Gasteiger charge is 2.15. The van der Waals surface area contributed by atoms with Crippen LogP contribution in [0.3, 0.4) is 0 Å². The van der Waals surface area contributed by atoms with Crippen molar-refractivity contribution in [2.24, 2.45) is 0 Å². The number of carbonyl (C=O) groups excluding carboxylic acids is 1. The summed E-state index contributed by atoms with van der Waals surface area (Å²) in [6.07, 6.45) is 0. The van der Waals surface area contributed by atoms with Crippen LogP contribution in [0, 0.1) is 0 Å². The Labute approximate surface area is 184 Å². The van der Waals surface area contributed by atoms with E-state index < -0.39 is 0 Å². The molecule has 0 fully saturated rings. The van der Waals surface area contributed by atoms with E-state index in [1.165, 1.54) is 5.56 Å². The number of nitrogens with one attached hydrogen (secondary N) is 1. The van der Waals surface area contributed by atoms with Crippen molar-refractivity contribution in [1.82, 2.24) is 5.32 Å². The van der Waals surface area contributed by atoms with Gasteiger partial charge in [-0.3, -0.25) is 4.79 Å². The molecule has 0 bridgehead atoms. The number of halogens is 1. The summed E-state index contributed by atoms with van der Waals surface area (Å²) < 4.78 is 5.75. The molecule has 4 heteroatoms. The molecule has 30 heavy (non-hydrogen) atoms. The molecular weight excluding hydrogens is 394 g/mol. The molecule has 0 unspecified atom stereocenters. The molecule has 3 nitrogen and oxygen atoms in total. The first-order valence-electron chi connectivity index (χ1n) is 10.1. The number of benzene rings is 3. The molecule has 1 atom stereocenters. The van der Waals surface area contributed by atoms with Crippen molar-refractivity contribution in [1.29, 1.82) is 0 Å². The van der Waals surface area contributed by atoms with Gasteiger partial charge >= 0.3 is 0 Å². The first kappa shape index (κ1) is 21.9. The zero-order chi connectivity index (χ0) is 21.7. The summed E-state index contributed by atoms with van der Waals surface area (Å²) >= 11 is 6.11. The molecule has 0 aromatic heterocycles. The average molecular weight is 422 g/mol. The number of ether oxygens (including phenoxy) is 1. The van der Waals surface area contributed by atoms with Gasteiger partial charge in [-0.25, -0.2) is 0 Å². The number of para-hydroxylation sites is 1. The van der Waals surface area contributed by atoms with Crippen molar-refractivity contribution in [3.05, 3.63) is 100 Å². The van der Waals surface area contributed by atoms with Crippen LogP contribution in [0.1, 0.15) is 60.8 Å². The minimum absolute atomic E-state index is 0.0743. The van der Waals surface area contributed by atoms with Crippen LogP contribution < -0.4 is 10.1 Å². The molecule has 0 aliphatic heterocycles. The number of hydrogen-bond donors (Lipinski definition) is 1. The molecule has 3 aromatic rings. The van der Waals surface area contributed by atoms with E-state index in [1.807, 2.05) is 49.4 Å². The van der Waals surface area contributed by atoms with E-state index in [9.17, 15) is 4.79 Å². The Hall–Kier alpha value is -2.78. The summed E-state index contributed by atoms with van der Waals surface area (Å²) in [7, 11) is 0. The molecule has 3 aromatic carbocycles. The zero-order valence-electron chi connectivity index (χ0n) is 17.9. The van der Waals surface area contributed by atoms with Gasteiger partial charge in [-0.05, 0) is 53.3 Å².